The molecule has 2 atom stereocenters. The smallest absolute Gasteiger partial charge is 0.222 e. The van der Waals surface area contributed by atoms with Crippen LogP contribution in [0.15, 0.2) is 30.3 Å². The number of amides is 1. The van der Waals surface area contributed by atoms with Gasteiger partial charge in [-0.25, -0.2) is 4.98 Å². The number of aryl methyl sites for hydroxylation is 1. The van der Waals surface area contributed by atoms with Gasteiger partial charge in [-0.15, -0.1) is 0 Å². The van der Waals surface area contributed by atoms with E-state index < -0.39 is 0 Å². The molecule has 0 spiro atoms. The first-order valence-corrected chi connectivity index (χ1v) is 9.03. The molecule has 6 nitrogen and oxygen atoms in total. The summed E-state index contributed by atoms with van der Waals surface area (Å²) in [6.45, 7) is 2.03. The molecule has 0 unspecified atom stereocenters. The van der Waals surface area contributed by atoms with E-state index in [1.165, 1.54) is 0 Å². The highest BCUT2D eigenvalue weighted by molar-refractivity contribution is 5.85. The van der Waals surface area contributed by atoms with Crippen LogP contribution in [0.1, 0.15) is 37.3 Å². The van der Waals surface area contributed by atoms with E-state index in [1.807, 2.05) is 41.7 Å². The van der Waals surface area contributed by atoms with Crippen molar-refractivity contribution in [1.82, 2.24) is 9.38 Å². The summed E-state index contributed by atoms with van der Waals surface area (Å²) in [7, 11) is 0. The molecule has 26 heavy (non-hydrogen) atoms. The number of primary amides is 1. The van der Waals surface area contributed by atoms with Gasteiger partial charge in [-0.05, 0) is 43.0 Å². The number of pyridine rings is 1. The van der Waals surface area contributed by atoms with E-state index in [0.29, 0.717) is 11.2 Å². The van der Waals surface area contributed by atoms with E-state index in [1.54, 1.807) is 0 Å². The largest absolute Gasteiger partial charge is 0.369 e. The lowest BCUT2D eigenvalue weighted by atomic mass is 10.0. The number of benzene rings is 1. The summed E-state index contributed by atoms with van der Waals surface area (Å²) >= 11 is 0. The predicted molar refractivity (Wildman–Crippen MR) is 101 cm³/mol. The second-order valence-corrected chi connectivity index (χ2v) is 6.85. The number of carbonyl (C=O) groups is 1. The summed E-state index contributed by atoms with van der Waals surface area (Å²) in [5.74, 6) is 0.444. The van der Waals surface area contributed by atoms with Crippen LogP contribution in [0.25, 0.3) is 16.7 Å². The Bertz CT molecular complexity index is 1050. The van der Waals surface area contributed by atoms with Crippen LogP contribution in [-0.4, -0.2) is 21.3 Å². The summed E-state index contributed by atoms with van der Waals surface area (Å²) in [6.07, 6.45) is 3.44. The minimum Gasteiger partial charge on any atom is -0.369 e. The first-order chi connectivity index (χ1) is 12.6. The van der Waals surface area contributed by atoms with Crippen molar-refractivity contribution < 1.29 is 4.79 Å². The van der Waals surface area contributed by atoms with Crippen molar-refractivity contribution in [3.8, 4) is 6.07 Å². The second kappa shape index (κ2) is 6.34. The first kappa shape index (κ1) is 16.4. The van der Waals surface area contributed by atoms with Gasteiger partial charge in [-0.3, -0.25) is 9.20 Å². The minimum absolute atomic E-state index is 0.00880. The molecule has 3 N–H and O–H groups in total. The molecule has 0 saturated heterocycles. The Morgan fingerprint density at radius 2 is 2.23 bits per heavy atom. The van der Waals surface area contributed by atoms with Crippen LogP contribution in [0.5, 0.6) is 0 Å². The summed E-state index contributed by atoms with van der Waals surface area (Å²) < 4.78 is 1.99. The number of anilines is 1. The molecule has 1 amide bonds. The number of hydrogen-bond donors (Lipinski definition) is 2. The molecule has 1 saturated carbocycles. The third kappa shape index (κ3) is 2.48. The average molecular weight is 347 g/mol. The Morgan fingerprint density at radius 3 is 2.96 bits per heavy atom. The maximum Gasteiger partial charge on any atom is 0.222 e. The number of carbonyl (C=O) groups excluding carboxylic acids is 1. The highest BCUT2D eigenvalue weighted by Gasteiger charge is 2.32. The first-order valence-electron chi connectivity index (χ1n) is 9.03. The lowest BCUT2D eigenvalue weighted by molar-refractivity contribution is -0.121. The molecule has 0 bridgehead atoms. The second-order valence-electron chi connectivity index (χ2n) is 6.85. The van der Waals surface area contributed by atoms with Gasteiger partial charge in [0.25, 0.3) is 0 Å². The molecule has 1 aliphatic rings. The molecule has 1 aromatic carbocycles. The summed E-state index contributed by atoms with van der Waals surface area (Å²) in [5, 5.41) is 13.2. The Kier molecular flexibility index (Phi) is 4.00. The highest BCUT2D eigenvalue weighted by Crippen LogP contribution is 2.32. The quantitative estimate of drug-likeness (QED) is 0.758. The van der Waals surface area contributed by atoms with Gasteiger partial charge in [-0.1, -0.05) is 25.5 Å². The number of nitriles is 1. The minimum atomic E-state index is -0.254. The van der Waals surface area contributed by atoms with Crippen LogP contribution in [-0.2, 0) is 11.2 Å². The topological polar surface area (TPSA) is 96.2 Å². The monoisotopic (exact) mass is 347 g/mol. The van der Waals surface area contributed by atoms with Crippen LogP contribution >= 0.6 is 0 Å². The zero-order chi connectivity index (χ0) is 18.3. The lowest BCUT2D eigenvalue weighted by Gasteiger charge is -2.21. The van der Waals surface area contributed by atoms with E-state index in [-0.39, 0.29) is 17.9 Å². The fourth-order valence-electron chi connectivity index (χ4n) is 4.05. The molecule has 2 heterocycles. The van der Waals surface area contributed by atoms with Crippen LogP contribution < -0.4 is 11.1 Å². The summed E-state index contributed by atoms with van der Waals surface area (Å²) in [4.78, 5) is 16.5. The Morgan fingerprint density at radius 1 is 1.42 bits per heavy atom. The number of nitrogens with one attached hydrogen (secondary N) is 1. The fourth-order valence-corrected chi connectivity index (χ4v) is 4.05. The molecule has 3 aromatic rings. The third-order valence-electron chi connectivity index (χ3n) is 5.36. The predicted octanol–water partition coefficient (Wildman–Crippen LogP) is 2.99. The van der Waals surface area contributed by atoms with Crippen LogP contribution in [0.3, 0.4) is 0 Å². The number of para-hydroxylation sites is 2. The number of rotatable bonds is 4. The van der Waals surface area contributed by atoms with Crippen LogP contribution in [0.2, 0.25) is 0 Å². The molecule has 0 aliphatic heterocycles. The zero-order valence-corrected chi connectivity index (χ0v) is 14.7. The maximum atomic E-state index is 11.8. The van der Waals surface area contributed by atoms with Gasteiger partial charge in [0, 0.05) is 6.04 Å². The molecular formula is C20H21N5O. The lowest BCUT2D eigenvalue weighted by Crippen LogP contribution is -2.34. The SMILES string of the molecule is CCc1cc(N[C@H]2CCC[C@@H]2C(N)=O)n2c(nc3ccccc32)c1C#N. The van der Waals surface area contributed by atoms with Gasteiger partial charge in [0.05, 0.1) is 22.5 Å². The number of fused-ring (bicyclic) bond motifs is 3. The van der Waals surface area contributed by atoms with E-state index in [4.69, 9.17) is 10.7 Å². The summed E-state index contributed by atoms with van der Waals surface area (Å²) in [5.41, 5.74) is 9.58. The van der Waals surface area contributed by atoms with Crippen molar-refractivity contribution in [1.29, 1.82) is 5.26 Å². The standard InChI is InChI=1S/C20H21N5O/c1-2-12-10-18(23-15-8-5-6-13(15)19(22)26)25-17-9-4-3-7-16(17)24-20(25)14(12)11-21/h3-4,7,9-10,13,15,23H,2,5-6,8H2,1H3,(H2,22,26)/t13-,15-/m0/s1. The van der Waals surface area contributed by atoms with Crippen LogP contribution in [0.4, 0.5) is 5.82 Å². The van der Waals surface area contributed by atoms with Crippen molar-refractivity contribution in [3.63, 3.8) is 0 Å². The van der Waals surface area contributed by atoms with Crippen molar-refractivity contribution in [2.24, 2.45) is 11.7 Å². The Balaban J connectivity index is 1.93. The van der Waals surface area contributed by atoms with Gasteiger partial charge < -0.3 is 11.1 Å². The number of hydrogen-bond acceptors (Lipinski definition) is 4. The van der Waals surface area contributed by atoms with Gasteiger partial charge in [0.1, 0.15) is 11.9 Å². The molecule has 4 rings (SSSR count). The normalized spacial score (nSPS) is 19.7. The fraction of sp³-hybridized carbons (Fsp3) is 0.350. The Hall–Kier alpha value is -3.07. The van der Waals surface area contributed by atoms with Crippen molar-refractivity contribution >= 4 is 28.4 Å². The van der Waals surface area contributed by atoms with E-state index in [9.17, 15) is 10.1 Å². The molecule has 6 heteroatoms. The van der Waals surface area contributed by atoms with E-state index >= 15 is 0 Å². The molecular weight excluding hydrogens is 326 g/mol. The average Bonchev–Trinajstić information content (AvgIpc) is 3.25. The molecule has 1 fully saturated rings. The number of nitrogens with zero attached hydrogens (tertiary/aromatic N) is 3. The Labute approximate surface area is 151 Å². The van der Waals surface area contributed by atoms with Gasteiger partial charge >= 0.3 is 0 Å². The molecule has 1 aliphatic carbocycles. The van der Waals surface area contributed by atoms with Gasteiger partial charge in [-0.2, -0.15) is 5.26 Å². The van der Waals surface area contributed by atoms with Crippen molar-refractivity contribution in [2.75, 3.05) is 5.32 Å². The molecule has 0 radical (unpaired) electrons. The van der Waals surface area contributed by atoms with Crippen molar-refractivity contribution in [2.45, 2.75) is 38.6 Å². The van der Waals surface area contributed by atoms with E-state index in [0.717, 1.165) is 48.1 Å². The summed E-state index contributed by atoms with van der Waals surface area (Å²) in [6, 6.07) is 12.2. The van der Waals surface area contributed by atoms with E-state index in [2.05, 4.69) is 11.4 Å². The number of aromatic nitrogens is 2. The third-order valence-corrected chi connectivity index (χ3v) is 5.36. The van der Waals surface area contributed by atoms with Crippen LogP contribution in [0, 0.1) is 17.2 Å². The van der Waals surface area contributed by atoms with Gasteiger partial charge in [0.15, 0.2) is 5.65 Å². The van der Waals surface area contributed by atoms with Crippen molar-refractivity contribution in [3.05, 3.63) is 41.5 Å². The molecule has 132 valence electrons. The highest BCUT2D eigenvalue weighted by atomic mass is 16.1. The maximum absolute atomic E-state index is 11.8. The number of imidazole rings is 1. The molecule has 2 aromatic heterocycles. The van der Waals surface area contributed by atoms with Gasteiger partial charge in [0.2, 0.25) is 5.91 Å². The zero-order valence-electron chi connectivity index (χ0n) is 14.7. The number of nitrogens with two attached hydrogens (primary N) is 1.